The van der Waals surface area contributed by atoms with Crippen molar-refractivity contribution in [1.82, 2.24) is 4.90 Å². The van der Waals surface area contributed by atoms with Crippen LogP contribution in [0, 0.1) is 5.41 Å². The zero-order valence-corrected chi connectivity index (χ0v) is 12.6. The Morgan fingerprint density at radius 2 is 2.10 bits per heavy atom. The molecule has 1 N–H and O–H groups in total. The standard InChI is InChI=1S/C15H25NO4/c1-5-6-8-15(12(17)18)9-7-10-16(11-15)13(19)20-14(2,3)4/h5H,1,6-11H2,2-4H3,(H,17,18). The summed E-state index contributed by atoms with van der Waals surface area (Å²) in [6, 6.07) is 0. The molecule has 0 radical (unpaired) electrons. The highest BCUT2D eigenvalue weighted by atomic mass is 16.6. The van der Waals surface area contributed by atoms with Gasteiger partial charge in [-0.05, 0) is 46.5 Å². The normalized spacial score (nSPS) is 23.2. The molecule has 0 aliphatic carbocycles. The van der Waals surface area contributed by atoms with E-state index < -0.39 is 23.1 Å². The van der Waals surface area contributed by atoms with Crippen LogP contribution in [0.2, 0.25) is 0 Å². The highest BCUT2D eigenvalue weighted by Crippen LogP contribution is 2.35. The van der Waals surface area contributed by atoms with Gasteiger partial charge in [0.25, 0.3) is 0 Å². The summed E-state index contributed by atoms with van der Waals surface area (Å²) in [7, 11) is 0. The van der Waals surface area contributed by atoms with E-state index in [0.29, 0.717) is 32.2 Å². The maximum atomic E-state index is 12.1. The summed E-state index contributed by atoms with van der Waals surface area (Å²) in [6.45, 7) is 9.81. The third kappa shape index (κ3) is 4.25. The van der Waals surface area contributed by atoms with Gasteiger partial charge < -0.3 is 14.7 Å². The van der Waals surface area contributed by atoms with Gasteiger partial charge in [0.15, 0.2) is 0 Å². The molecule has 5 nitrogen and oxygen atoms in total. The van der Waals surface area contributed by atoms with Crippen molar-refractivity contribution in [2.24, 2.45) is 5.41 Å². The SMILES string of the molecule is C=CCCC1(C(=O)O)CCCN(C(=O)OC(C)(C)C)C1. The Balaban J connectivity index is 2.79. The van der Waals surface area contributed by atoms with Crippen LogP contribution in [0.4, 0.5) is 4.79 Å². The van der Waals surface area contributed by atoms with E-state index in [1.807, 2.05) is 0 Å². The average molecular weight is 283 g/mol. The van der Waals surface area contributed by atoms with E-state index in [9.17, 15) is 14.7 Å². The second-order valence-corrected chi connectivity index (χ2v) is 6.42. The van der Waals surface area contributed by atoms with Gasteiger partial charge in [-0.15, -0.1) is 6.58 Å². The summed E-state index contributed by atoms with van der Waals surface area (Å²) < 4.78 is 5.33. The smallest absolute Gasteiger partial charge is 0.410 e. The summed E-state index contributed by atoms with van der Waals surface area (Å²) >= 11 is 0. The Morgan fingerprint density at radius 1 is 1.45 bits per heavy atom. The van der Waals surface area contributed by atoms with Crippen LogP contribution in [-0.2, 0) is 9.53 Å². The lowest BCUT2D eigenvalue weighted by atomic mass is 9.76. The second kappa shape index (κ2) is 6.29. The van der Waals surface area contributed by atoms with Gasteiger partial charge in [0.1, 0.15) is 5.60 Å². The van der Waals surface area contributed by atoms with Crippen molar-refractivity contribution < 1.29 is 19.4 Å². The average Bonchev–Trinajstić information content (AvgIpc) is 2.34. The summed E-state index contributed by atoms with van der Waals surface area (Å²) in [4.78, 5) is 25.2. The molecule has 0 aromatic rings. The molecule has 0 saturated carbocycles. The van der Waals surface area contributed by atoms with Crippen molar-refractivity contribution in [3.05, 3.63) is 12.7 Å². The van der Waals surface area contributed by atoms with Crippen LogP contribution in [0.5, 0.6) is 0 Å². The summed E-state index contributed by atoms with van der Waals surface area (Å²) in [5.41, 5.74) is -1.44. The highest BCUT2D eigenvalue weighted by Gasteiger charge is 2.43. The number of hydrogen-bond acceptors (Lipinski definition) is 3. The molecule has 0 spiro atoms. The van der Waals surface area contributed by atoms with Gasteiger partial charge in [0.05, 0.1) is 5.41 Å². The Kier molecular flexibility index (Phi) is 5.20. The molecular formula is C15H25NO4. The number of rotatable bonds is 4. The Bertz CT molecular complexity index is 386. The van der Waals surface area contributed by atoms with Gasteiger partial charge in [-0.3, -0.25) is 4.79 Å². The van der Waals surface area contributed by atoms with Crippen molar-refractivity contribution in [3.8, 4) is 0 Å². The lowest BCUT2D eigenvalue weighted by Crippen LogP contribution is -2.51. The molecule has 0 aromatic carbocycles. The number of carboxylic acid groups (broad SMARTS) is 1. The quantitative estimate of drug-likeness (QED) is 0.805. The van der Waals surface area contributed by atoms with E-state index in [1.54, 1.807) is 26.8 Å². The third-order valence-corrected chi connectivity index (χ3v) is 3.51. The molecule has 1 saturated heterocycles. The molecule has 114 valence electrons. The first-order valence-electron chi connectivity index (χ1n) is 7.02. The molecule has 0 bridgehead atoms. The summed E-state index contributed by atoms with van der Waals surface area (Å²) in [5.74, 6) is -0.840. The van der Waals surface area contributed by atoms with Crippen molar-refractivity contribution in [2.75, 3.05) is 13.1 Å². The zero-order chi connectivity index (χ0) is 15.4. The fourth-order valence-electron chi connectivity index (χ4n) is 2.48. The summed E-state index contributed by atoms with van der Waals surface area (Å²) in [5, 5.41) is 9.53. The topological polar surface area (TPSA) is 66.8 Å². The Labute approximate surface area is 120 Å². The number of carbonyl (C=O) groups is 2. The second-order valence-electron chi connectivity index (χ2n) is 6.42. The third-order valence-electron chi connectivity index (χ3n) is 3.51. The van der Waals surface area contributed by atoms with Crippen LogP contribution >= 0.6 is 0 Å². The number of allylic oxidation sites excluding steroid dienone is 1. The van der Waals surface area contributed by atoms with E-state index in [1.165, 1.54) is 4.90 Å². The molecule has 0 aromatic heterocycles. The molecule has 1 aliphatic rings. The fourth-order valence-corrected chi connectivity index (χ4v) is 2.48. The lowest BCUT2D eigenvalue weighted by Gasteiger charge is -2.40. The molecule has 1 aliphatic heterocycles. The minimum atomic E-state index is -0.872. The summed E-state index contributed by atoms with van der Waals surface area (Å²) in [6.07, 6.45) is 3.70. The molecular weight excluding hydrogens is 258 g/mol. The number of likely N-dealkylation sites (tertiary alicyclic amines) is 1. The molecule has 1 unspecified atom stereocenters. The van der Waals surface area contributed by atoms with E-state index in [0.717, 1.165) is 0 Å². The number of piperidine rings is 1. The molecule has 20 heavy (non-hydrogen) atoms. The predicted molar refractivity (Wildman–Crippen MR) is 76.5 cm³/mol. The van der Waals surface area contributed by atoms with Gasteiger partial charge in [0, 0.05) is 13.1 Å². The van der Waals surface area contributed by atoms with Crippen LogP contribution in [0.3, 0.4) is 0 Å². The van der Waals surface area contributed by atoms with Crippen molar-refractivity contribution in [1.29, 1.82) is 0 Å². The number of carbonyl (C=O) groups excluding carboxylic acids is 1. The van der Waals surface area contributed by atoms with Crippen LogP contribution in [-0.4, -0.2) is 40.8 Å². The highest BCUT2D eigenvalue weighted by molar-refractivity contribution is 5.77. The first kappa shape index (κ1) is 16.5. The minimum absolute atomic E-state index is 0.213. The number of amides is 1. The van der Waals surface area contributed by atoms with Gasteiger partial charge >= 0.3 is 12.1 Å². The number of nitrogens with zero attached hydrogens (tertiary/aromatic N) is 1. The molecule has 5 heteroatoms. The van der Waals surface area contributed by atoms with Gasteiger partial charge in [-0.1, -0.05) is 6.08 Å². The minimum Gasteiger partial charge on any atom is -0.481 e. The number of aliphatic carboxylic acids is 1. The molecule has 1 fully saturated rings. The van der Waals surface area contributed by atoms with Gasteiger partial charge in [-0.2, -0.15) is 0 Å². The van der Waals surface area contributed by atoms with Crippen LogP contribution < -0.4 is 0 Å². The largest absolute Gasteiger partial charge is 0.481 e. The van der Waals surface area contributed by atoms with E-state index in [-0.39, 0.29) is 6.54 Å². The first-order valence-corrected chi connectivity index (χ1v) is 7.02. The van der Waals surface area contributed by atoms with E-state index in [4.69, 9.17) is 4.74 Å². The van der Waals surface area contributed by atoms with Crippen molar-refractivity contribution in [2.45, 2.75) is 52.1 Å². The van der Waals surface area contributed by atoms with Crippen LogP contribution in [0.25, 0.3) is 0 Å². The molecule has 1 atom stereocenters. The molecule has 1 heterocycles. The maximum Gasteiger partial charge on any atom is 0.410 e. The van der Waals surface area contributed by atoms with Gasteiger partial charge in [0.2, 0.25) is 0 Å². The predicted octanol–water partition coefficient (Wildman–Crippen LogP) is 3.05. The maximum absolute atomic E-state index is 12.1. The Hall–Kier alpha value is -1.52. The monoisotopic (exact) mass is 283 g/mol. The number of ether oxygens (including phenoxy) is 1. The molecule has 1 rings (SSSR count). The molecule has 1 amide bonds. The van der Waals surface area contributed by atoms with Crippen molar-refractivity contribution in [3.63, 3.8) is 0 Å². The zero-order valence-electron chi connectivity index (χ0n) is 12.6. The van der Waals surface area contributed by atoms with E-state index >= 15 is 0 Å². The van der Waals surface area contributed by atoms with E-state index in [2.05, 4.69) is 6.58 Å². The lowest BCUT2D eigenvalue weighted by molar-refractivity contribution is -0.152. The number of hydrogen-bond donors (Lipinski definition) is 1. The fraction of sp³-hybridized carbons (Fsp3) is 0.733. The van der Waals surface area contributed by atoms with Crippen LogP contribution in [0.1, 0.15) is 46.5 Å². The Morgan fingerprint density at radius 3 is 2.60 bits per heavy atom. The first-order chi connectivity index (χ1) is 9.20. The number of carboxylic acids is 1. The van der Waals surface area contributed by atoms with Crippen LogP contribution in [0.15, 0.2) is 12.7 Å². The van der Waals surface area contributed by atoms with Gasteiger partial charge in [-0.25, -0.2) is 4.79 Å². The van der Waals surface area contributed by atoms with Crippen molar-refractivity contribution >= 4 is 12.1 Å².